The Morgan fingerprint density at radius 2 is 1.75 bits per heavy atom. The van der Waals surface area contributed by atoms with Gasteiger partial charge in [0.2, 0.25) is 0 Å². The Morgan fingerprint density at radius 1 is 1.00 bits per heavy atom. The van der Waals surface area contributed by atoms with Gasteiger partial charge in [0, 0.05) is 6.54 Å². The number of unbranched alkanes of at least 4 members (excludes halogenated alkanes) is 1. The van der Waals surface area contributed by atoms with Crippen LogP contribution in [-0.4, -0.2) is 34.1 Å². The first kappa shape index (κ1) is 19.0. The molecule has 0 saturated carbocycles. The predicted octanol–water partition coefficient (Wildman–Crippen LogP) is 5.36. The van der Waals surface area contributed by atoms with E-state index in [9.17, 15) is 0 Å². The van der Waals surface area contributed by atoms with Crippen LogP contribution in [0, 0.1) is 6.92 Å². The summed E-state index contributed by atoms with van der Waals surface area (Å²) >= 11 is 0. The summed E-state index contributed by atoms with van der Waals surface area (Å²) in [4.78, 5) is 7.57. The number of benzene rings is 2. The number of hydrogen-bond acceptors (Lipinski definition) is 3. The second kappa shape index (κ2) is 8.78. The monoisotopic (exact) mass is 377 g/mol. The van der Waals surface area contributed by atoms with Crippen LogP contribution in [-0.2, 0) is 6.54 Å². The van der Waals surface area contributed by atoms with Crippen molar-refractivity contribution in [1.29, 1.82) is 0 Å². The third-order valence-corrected chi connectivity index (χ3v) is 5.87. The molecule has 0 spiro atoms. The van der Waals surface area contributed by atoms with Gasteiger partial charge in [0.1, 0.15) is 11.6 Å². The lowest BCUT2D eigenvalue weighted by atomic mass is 10.2. The molecule has 28 heavy (non-hydrogen) atoms. The molecule has 1 unspecified atom stereocenters. The first-order chi connectivity index (χ1) is 13.7. The lowest BCUT2D eigenvalue weighted by Gasteiger charge is -2.24. The van der Waals surface area contributed by atoms with Crippen molar-refractivity contribution in [3.8, 4) is 5.75 Å². The molecular weight excluding hydrogens is 346 g/mol. The second-order valence-corrected chi connectivity index (χ2v) is 7.85. The Labute approximate surface area is 168 Å². The zero-order valence-corrected chi connectivity index (χ0v) is 17.1. The van der Waals surface area contributed by atoms with Crippen molar-refractivity contribution in [3.05, 3.63) is 59.9 Å². The number of rotatable bonds is 8. The maximum atomic E-state index is 5.97. The van der Waals surface area contributed by atoms with Crippen molar-refractivity contribution in [2.45, 2.75) is 52.1 Å². The molecule has 1 aliphatic rings. The molecule has 0 amide bonds. The van der Waals surface area contributed by atoms with E-state index < -0.39 is 0 Å². The molecule has 0 aliphatic carbocycles. The minimum atomic E-state index is 0.373. The number of para-hydroxylation sites is 3. The number of likely N-dealkylation sites (tertiary alicyclic amines) is 1. The van der Waals surface area contributed by atoms with Crippen LogP contribution in [0.25, 0.3) is 11.0 Å². The molecule has 1 aliphatic heterocycles. The topological polar surface area (TPSA) is 30.3 Å². The quantitative estimate of drug-likeness (QED) is 0.495. The number of imidazole rings is 1. The lowest BCUT2D eigenvalue weighted by molar-refractivity contribution is 0.247. The number of ether oxygens (including phenoxy) is 1. The molecule has 2 aromatic carbocycles. The average Bonchev–Trinajstić information content (AvgIpc) is 3.37. The third kappa shape index (κ3) is 4.07. The van der Waals surface area contributed by atoms with Gasteiger partial charge in [-0.15, -0.1) is 0 Å². The fourth-order valence-corrected chi connectivity index (χ4v) is 4.21. The molecular formula is C24H31N3O. The number of aryl methyl sites for hydroxylation is 2. The normalized spacial score (nSPS) is 15.9. The molecule has 148 valence electrons. The molecule has 0 bridgehead atoms. The minimum absolute atomic E-state index is 0.373. The molecule has 0 radical (unpaired) electrons. The largest absolute Gasteiger partial charge is 0.493 e. The first-order valence-electron chi connectivity index (χ1n) is 10.6. The summed E-state index contributed by atoms with van der Waals surface area (Å²) in [6.45, 7) is 8.53. The van der Waals surface area contributed by atoms with Crippen LogP contribution in [0.4, 0.5) is 0 Å². The van der Waals surface area contributed by atoms with Crippen molar-refractivity contribution < 1.29 is 4.74 Å². The van der Waals surface area contributed by atoms with Crippen LogP contribution >= 0.6 is 0 Å². The van der Waals surface area contributed by atoms with Gasteiger partial charge in [-0.3, -0.25) is 4.90 Å². The van der Waals surface area contributed by atoms with E-state index in [0.29, 0.717) is 6.04 Å². The zero-order chi connectivity index (χ0) is 19.3. The minimum Gasteiger partial charge on any atom is -0.493 e. The standard InChI is InChI=1S/C24H31N3O/c1-19-11-3-6-14-23(19)28-18-10-9-17-27-22-13-5-4-12-21(22)25-24(27)20(2)26-15-7-8-16-26/h3-6,11-14,20H,7-10,15-18H2,1-2H3. The number of nitrogens with zero attached hydrogens (tertiary/aromatic N) is 3. The Kier molecular flexibility index (Phi) is 5.96. The van der Waals surface area contributed by atoms with Crippen molar-refractivity contribution in [1.82, 2.24) is 14.5 Å². The van der Waals surface area contributed by atoms with Crippen molar-refractivity contribution in [2.75, 3.05) is 19.7 Å². The highest BCUT2D eigenvalue weighted by Gasteiger charge is 2.24. The fourth-order valence-electron chi connectivity index (χ4n) is 4.21. The summed E-state index contributed by atoms with van der Waals surface area (Å²) in [5.41, 5.74) is 3.56. The SMILES string of the molecule is Cc1ccccc1OCCCCn1c(C(C)N2CCCC2)nc2ccccc21. The van der Waals surface area contributed by atoms with Gasteiger partial charge < -0.3 is 9.30 Å². The van der Waals surface area contributed by atoms with Crippen LogP contribution in [0.5, 0.6) is 5.75 Å². The maximum absolute atomic E-state index is 5.97. The van der Waals surface area contributed by atoms with Crippen LogP contribution in [0.2, 0.25) is 0 Å². The van der Waals surface area contributed by atoms with Crippen LogP contribution < -0.4 is 4.74 Å². The summed E-state index contributed by atoms with van der Waals surface area (Å²) in [6, 6.07) is 17.1. The van der Waals surface area contributed by atoms with Crippen LogP contribution in [0.1, 0.15) is 50.0 Å². The van der Waals surface area contributed by atoms with Gasteiger partial charge in [-0.25, -0.2) is 4.98 Å². The Balaban J connectivity index is 1.42. The van der Waals surface area contributed by atoms with Crippen molar-refractivity contribution >= 4 is 11.0 Å². The van der Waals surface area contributed by atoms with E-state index in [4.69, 9.17) is 9.72 Å². The second-order valence-electron chi connectivity index (χ2n) is 7.85. The molecule has 1 saturated heterocycles. The summed E-state index contributed by atoms with van der Waals surface area (Å²) in [6.07, 6.45) is 4.74. The Hall–Kier alpha value is -2.33. The van der Waals surface area contributed by atoms with Gasteiger partial charge >= 0.3 is 0 Å². The van der Waals surface area contributed by atoms with Gasteiger partial charge in [0.15, 0.2) is 0 Å². The summed E-state index contributed by atoms with van der Waals surface area (Å²) in [5.74, 6) is 2.21. The van der Waals surface area contributed by atoms with E-state index in [0.717, 1.165) is 37.3 Å². The molecule has 4 rings (SSSR count). The predicted molar refractivity (Wildman–Crippen MR) is 115 cm³/mol. The van der Waals surface area contributed by atoms with Crippen LogP contribution in [0.3, 0.4) is 0 Å². The first-order valence-corrected chi connectivity index (χ1v) is 10.6. The maximum Gasteiger partial charge on any atom is 0.127 e. The number of aromatic nitrogens is 2. The summed E-state index contributed by atoms with van der Waals surface area (Å²) < 4.78 is 8.41. The highest BCUT2D eigenvalue weighted by atomic mass is 16.5. The van der Waals surface area contributed by atoms with E-state index in [1.54, 1.807) is 0 Å². The van der Waals surface area contributed by atoms with Crippen LogP contribution in [0.15, 0.2) is 48.5 Å². The summed E-state index contributed by atoms with van der Waals surface area (Å²) in [5, 5.41) is 0. The number of hydrogen-bond donors (Lipinski definition) is 0. The highest BCUT2D eigenvalue weighted by Crippen LogP contribution is 2.28. The van der Waals surface area contributed by atoms with Crippen molar-refractivity contribution in [3.63, 3.8) is 0 Å². The van der Waals surface area contributed by atoms with E-state index in [1.807, 2.05) is 6.07 Å². The van der Waals surface area contributed by atoms with E-state index in [2.05, 4.69) is 65.8 Å². The molecule has 1 fully saturated rings. The fraction of sp³-hybridized carbons (Fsp3) is 0.458. The molecule has 2 heterocycles. The van der Waals surface area contributed by atoms with Gasteiger partial charge in [-0.2, -0.15) is 0 Å². The molecule has 1 aromatic heterocycles. The molecule has 4 nitrogen and oxygen atoms in total. The summed E-state index contributed by atoms with van der Waals surface area (Å²) in [7, 11) is 0. The van der Waals surface area contributed by atoms with Crippen molar-refractivity contribution in [2.24, 2.45) is 0 Å². The molecule has 4 heteroatoms. The average molecular weight is 378 g/mol. The lowest BCUT2D eigenvalue weighted by Crippen LogP contribution is -2.26. The molecule has 1 atom stereocenters. The molecule has 3 aromatic rings. The zero-order valence-electron chi connectivity index (χ0n) is 17.1. The van der Waals surface area contributed by atoms with E-state index >= 15 is 0 Å². The Bertz CT molecular complexity index is 911. The Morgan fingerprint density at radius 3 is 2.57 bits per heavy atom. The molecule has 0 N–H and O–H groups in total. The van der Waals surface area contributed by atoms with E-state index in [1.165, 1.54) is 42.8 Å². The van der Waals surface area contributed by atoms with Gasteiger partial charge in [-0.05, 0) is 76.4 Å². The smallest absolute Gasteiger partial charge is 0.127 e. The highest BCUT2D eigenvalue weighted by molar-refractivity contribution is 5.76. The van der Waals surface area contributed by atoms with Gasteiger partial charge in [0.25, 0.3) is 0 Å². The third-order valence-electron chi connectivity index (χ3n) is 5.87. The number of fused-ring (bicyclic) bond motifs is 1. The van der Waals surface area contributed by atoms with Gasteiger partial charge in [-0.1, -0.05) is 30.3 Å². The van der Waals surface area contributed by atoms with E-state index in [-0.39, 0.29) is 0 Å². The van der Waals surface area contributed by atoms with Gasteiger partial charge in [0.05, 0.1) is 23.7 Å².